The minimum atomic E-state index is -0.595. The van der Waals surface area contributed by atoms with Gasteiger partial charge in [0.2, 0.25) is 0 Å². The minimum absolute atomic E-state index is 0.287. The normalized spacial score (nSPS) is 22.5. The summed E-state index contributed by atoms with van der Waals surface area (Å²) >= 11 is 0. The molecule has 2 aromatic heterocycles. The first kappa shape index (κ1) is 21.6. The number of hydrogen-bond donors (Lipinski definition) is 3. The Hall–Kier alpha value is -3.24. The van der Waals surface area contributed by atoms with Crippen molar-refractivity contribution in [2.45, 2.75) is 37.8 Å². The molecule has 2 fully saturated rings. The molecule has 174 valence electrons. The highest BCUT2D eigenvalue weighted by Gasteiger charge is 2.30. The van der Waals surface area contributed by atoms with Gasteiger partial charge in [0.05, 0.1) is 11.4 Å². The van der Waals surface area contributed by atoms with Crippen molar-refractivity contribution in [2.75, 3.05) is 44.3 Å². The third-order valence-electron chi connectivity index (χ3n) is 7.01. The summed E-state index contributed by atoms with van der Waals surface area (Å²) in [6.45, 7) is 4.62. The average Bonchev–Trinajstić information content (AvgIpc) is 3.21. The van der Waals surface area contributed by atoms with Gasteiger partial charge in [0, 0.05) is 43.5 Å². The number of nitrogens with one attached hydrogen (secondary N) is 1. The summed E-state index contributed by atoms with van der Waals surface area (Å²) in [5.41, 5.74) is 14.5. The number of aromatic nitrogens is 4. The number of nitrogens with two attached hydrogens (primary N) is 2. The molecule has 1 aliphatic heterocycles. The molecule has 0 bridgehead atoms. The summed E-state index contributed by atoms with van der Waals surface area (Å²) in [4.78, 5) is 25.0. The first-order valence-electron chi connectivity index (χ1n) is 11.6. The fourth-order valence-electron chi connectivity index (χ4n) is 5.16. The Bertz CT molecular complexity index is 1130. The largest absolute Gasteiger partial charge is 0.383 e. The molecule has 1 aromatic carbocycles. The van der Waals surface area contributed by atoms with E-state index in [1.165, 1.54) is 19.2 Å². The smallest absolute Gasteiger partial charge is 0.316 e. The van der Waals surface area contributed by atoms with Crippen LogP contribution in [-0.4, -0.2) is 74.8 Å². The predicted molar refractivity (Wildman–Crippen MR) is 129 cm³/mol. The molecule has 10 heteroatoms. The van der Waals surface area contributed by atoms with Crippen LogP contribution in [0.5, 0.6) is 0 Å². The highest BCUT2D eigenvalue weighted by molar-refractivity contribution is 5.98. The predicted octanol–water partition coefficient (Wildman–Crippen LogP) is 2.30. The number of anilines is 2. The number of fused-ring (bicyclic) bond motifs is 1. The Balaban J connectivity index is 1.40. The van der Waals surface area contributed by atoms with E-state index in [2.05, 4.69) is 36.8 Å². The van der Waals surface area contributed by atoms with Crippen molar-refractivity contribution >= 4 is 28.6 Å². The van der Waals surface area contributed by atoms with Crippen molar-refractivity contribution in [2.24, 2.45) is 5.73 Å². The molecule has 1 aliphatic carbocycles. The summed E-state index contributed by atoms with van der Waals surface area (Å²) in [7, 11) is 2.20. The van der Waals surface area contributed by atoms with E-state index in [1.54, 1.807) is 12.1 Å². The molecule has 2 amide bonds. The topological polar surface area (TPSA) is 131 Å². The molecular weight excluding hydrogens is 418 g/mol. The standard InChI is InChI=1S/C23H31N9O/c1-30-10-12-31(13-11-30)17-6-8-18(9-7-17)32-22-19(21(24)26-14-27-22)20(29-32)15-2-4-16(5-3-15)28-23(25)33/h2-5,14,17-18H,6-13H2,1H3,(H2,24,26,27)(H3,25,28,33). The fraction of sp³-hybridized carbons (Fsp3) is 0.478. The number of nitrogens with zero attached hydrogens (tertiary/aromatic N) is 6. The van der Waals surface area contributed by atoms with Gasteiger partial charge < -0.3 is 21.7 Å². The van der Waals surface area contributed by atoms with Gasteiger partial charge in [0.25, 0.3) is 0 Å². The monoisotopic (exact) mass is 449 g/mol. The first-order chi connectivity index (χ1) is 16.0. The van der Waals surface area contributed by atoms with Crippen LogP contribution >= 0.6 is 0 Å². The SMILES string of the molecule is CN1CCN(C2CCC(n3nc(-c4ccc(NC(N)=O)cc4)c4c(N)ncnc43)CC2)CC1. The number of nitrogen functional groups attached to an aromatic ring is 1. The molecule has 3 heterocycles. The quantitative estimate of drug-likeness (QED) is 0.557. The molecule has 0 radical (unpaired) electrons. The number of hydrogen-bond acceptors (Lipinski definition) is 7. The summed E-state index contributed by atoms with van der Waals surface area (Å²) in [5.74, 6) is 0.423. The molecule has 2 aliphatic rings. The van der Waals surface area contributed by atoms with Crippen LogP contribution in [0.1, 0.15) is 31.7 Å². The van der Waals surface area contributed by atoms with E-state index in [9.17, 15) is 4.79 Å². The summed E-state index contributed by atoms with van der Waals surface area (Å²) in [5, 5.41) is 8.34. The highest BCUT2D eigenvalue weighted by Crippen LogP contribution is 2.37. The first-order valence-corrected chi connectivity index (χ1v) is 11.6. The Labute approximate surface area is 192 Å². The van der Waals surface area contributed by atoms with Gasteiger partial charge in [-0.15, -0.1) is 0 Å². The number of piperazine rings is 1. The highest BCUT2D eigenvalue weighted by atomic mass is 16.2. The second-order valence-corrected chi connectivity index (χ2v) is 9.12. The maximum absolute atomic E-state index is 11.1. The zero-order valence-electron chi connectivity index (χ0n) is 18.9. The second-order valence-electron chi connectivity index (χ2n) is 9.12. The number of rotatable bonds is 4. The zero-order chi connectivity index (χ0) is 22.9. The van der Waals surface area contributed by atoms with E-state index < -0.39 is 6.03 Å². The number of primary amides is 1. The van der Waals surface area contributed by atoms with E-state index in [0.29, 0.717) is 17.5 Å². The van der Waals surface area contributed by atoms with Crippen LogP contribution < -0.4 is 16.8 Å². The molecule has 5 N–H and O–H groups in total. The molecule has 1 saturated heterocycles. The van der Waals surface area contributed by atoms with Crippen molar-refractivity contribution in [1.29, 1.82) is 0 Å². The number of urea groups is 1. The van der Waals surface area contributed by atoms with Gasteiger partial charge in [-0.3, -0.25) is 4.90 Å². The molecule has 1 saturated carbocycles. The zero-order valence-corrected chi connectivity index (χ0v) is 18.9. The fourth-order valence-corrected chi connectivity index (χ4v) is 5.16. The van der Waals surface area contributed by atoms with Gasteiger partial charge in [0.1, 0.15) is 17.8 Å². The lowest BCUT2D eigenvalue weighted by Gasteiger charge is -2.41. The molecule has 0 spiro atoms. The van der Waals surface area contributed by atoms with E-state index in [-0.39, 0.29) is 6.04 Å². The number of carbonyl (C=O) groups is 1. The van der Waals surface area contributed by atoms with Gasteiger partial charge >= 0.3 is 6.03 Å². The van der Waals surface area contributed by atoms with Crippen molar-refractivity contribution in [1.82, 2.24) is 29.5 Å². The van der Waals surface area contributed by atoms with Crippen molar-refractivity contribution in [3.8, 4) is 11.3 Å². The lowest BCUT2D eigenvalue weighted by atomic mass is 9.90. The Morgan fingerprint density at radius 2 is 1.67 bits per heavy atom. The molecule has 5 rings (SSSR count). The van der Waals surface area contributed by atoms with Crippen LogP contribution in [0.15, 0.2) is 30.6 Å². The molecule has 33 heavy (non-hydrogen) atoms. The maximum Gasteiger partial charge on any atom is 0.316 e. The molecule has 0 atom stereocenters. The Morgan fingerprint density at radius 3 is 2.33 bits per heavy atom. The lowest BCUT2D eigenvalue weighted by Crippen LogP contribution is -2.49. The molecular formula is C23H31N9O. The van der Waals surface area contributed by atoms with E-state index in [1.807, 2.05) is 12.1 Å². The van der Waals surface area contributed by atoms with Crippen LogP contribution in [-0.2, 0) is 0 Å². The second kappa shape index (κ2) is 8.95. The summed E-state index contributed by atoms with van der Waals surface area (Å²) in [6.07, 6.45) is 5.98. The van der Waals surface area contributed by atoms with E-state index in [0.717, 1.165) is 61.3 Å². The van der Waals surface area contributed by atoms with Crippen molar-refractivity contribution < 1.29 is 4.79 Å². The lowest BCUT2D eigenvalue weighted by molar-refractivity contribution is 0.0815. The Morgan fingerprint density at radius 1 is 1.00 bits per heavy atom. The third kappa shape index (κ3) is 4.36. The van der Waals surface area contributed by atoms with Gasteiger partial charge in [0.15, 0.2) is 5.65 Å². The average molecular weight is 450 g/mol. The summed E-state index contributed by atoms with van der Waals surface area (Å²) in [6, 6.07) is 7.74. The molecule has 10 nitrogen and oxygen atoms in total. The third-order valence-corrected chi connectivity index (χ3v) is 7.01. The minimum Gasteiger partial charge on any atom is -0.383 e. The van der Waals surface area contributed by atoms with E-state index in [4.69, 9.17) is 16.6 Å². The van der Waals surface area contributed by atoms with E-state index >= 15 is 0 Å². The van der Waals surface area contributed by atoms with Crippen LogP contribution in [0.4, 0.5) is 16.3 Å². The van der Waals surface area contributed by atoms with Crippen molar-refractivity contribution in [3.05, 3.63) is 30.6 Å². The van der Waals surface area contributed by atoms with Gasteiger partial charge in [-0.25, -0.2) is 19.4 Å². The van der Waals surface area contributed by atoms with Crippen LogP contribution in [0.3, 0.4) is 0 Å². The summed E-state index contributed by atoms with van der Waals surface area (Å²) < 4.78 is 2.05. The van der Waals surface area contributed by atoms with Crippen LogP contribution in [0, 0.1) is 0 Å². The van der Waals surface area contributed by atoms with Crippen molar-refractivity contribution in [3.63, 3.8) is 0 Å². The van der Waals surface area contributed by atoms with Gasteiger partial charge in [-0.2, -0.15) is 5.10 Å². The maximum atomic E-state index is 11.1. The molecule has 3 aromatic rings. The van der Waals surface area contributed by atoms with Crippen LogP contribution in [0.2, 0.25) is 0 Å². The molecule has 0 unspecified atom stereocenters. The number of carbonyl (C=O) groups excluding carboxylic acids is 1. The number of benzene rings is 1. The van der Waals surface area contributed by atoms with Gasteiger partial charge in [-0.1, -0.05) is 12.1 Å². The number of likely N-dealkylation sites (N-methyl/N-ethyl adjacent to an activating group) is 1. The Kier molecular flexibility index (Phi) is 5.86. The van der Waals surface area contributed by atoms with Crippen LogP contribution in [0.25, 0.3) is 22.3 Å². The number of amides is 2. The van der Waals surface area contributed by atoms with Gasteiger partial charge in [-0.05, 0) is 44.9 Å².